The number of rotatable bonds is 3. The largest absolute Gasteiger partial charge is 0.270 e. The Hall–Kier alpha value is -2.39. The van der Waals surface area contributed by atoms with E-state index in [2.05, 4.69) is 0 Å². The maximum atomic E-state index is 12.3. The summed E-state index contributed by atoms with van der Waals surface area (Å²) in [6, 6.07) is 16.3. The summed E-state index contributed by atoms with van der Waals surface area (Å²) < 4.78 is 0. The summed E-state index contributed by atoms with van der Waals surface area (Å²) in [6.07, 6.45) is 0. The predicted molar refractivity (Wildman–Crippen MR) is 82.1 cm³/mol. The van der Waals surface area contributed by atoms with E-state index < -0.39 is 0 Å². The normalized spacial score (nSPS) is 14.5. The molecule has 4 heteroatoms. The van der Waals surface area contributed by atoms with Gasteiger partial charge in [0.2, 0.25) is 0 Å². The van der Waals surface area contributed by atoms with Crippen molar-refractivity contribution >= 4 is 29.0 Å². The van der Waals surface area contributed by atoms with Crippen molar-refractivity contribution < 1.29 is 9.59 Å². The molecule has 1 aliphatic rings. The summed E-state index contributed by atoms with van der Waals surface area (Å²) in [6.45, 7) is 0.167. The van der Waals surface area contributed by atoms with Crippen LogP contribution in [0, 0.1) is 0 Å². The highest BCUT2D eigenvalue weighted by atomic mass is 35.5. The van der Waals surface area contributed by atoms with Crippen LogP contribution in [0.5, 0.6) is 0 Å². The first-order chi connectivity index (χ1) is 10.2. The zero-order chi connectivity index (χ0) is 14.8. The SMILES string of the molecule is O=C1c2ccccc2C(=O)N1C/C(=C/Cl)c1ccccc1. The van der Waals surface area contributed by atoms with Crippen LogP contribution in [0.4, 0.5) is 0 Å². The molecule has 0 spiro atoms. The zero-order valence-electron chi connectivity index (χ0n) is 11.1. The molecule has 3 nitrogen and oxygen atoms in total. The molecule has 0 fully saturated rings. The monoisotopic (exact) mass is 297 g/mol. The van der Waals surface area contributed by atoms with E-state index in [1.807, 2.05) is 30.3 Å². The average Bonchev–Trinajstić information content (AvgIpc) is 2.78. The van der Waals surface area contributed by atoms with Crippen molar-refractivity contribution in [3.05, 3.63) is 76.8 Å². The number of hydrogen-bond donors (Lipinski definition) is 0. The molecule has 104 valence electrons. The van der Waals surface area contributed by atoms with E-state index in [1.165, 1.54) is 10.4 Å². The van der Waals surface area contributed by atoms with Gasteiger partial charge in [-0.15, -0.1) is 0 Å². The Labute approximate surface area is 127 Å². The molecule has 0 atom stereocenters. The number of carbonyl (C=O) groups excluding carboxylic acids is 2. The molecule has 0 saturated carbocycles. The maximum absolute atomic E-state index is 12.3. The molecular weight excluding hydrogens is 286 g/mol. The summed E-state index contributed by atoms with van der Waals surface area (Å²) in [5.41, 5.74) is 3.93. The van der Waals surface area contributed by atoms with Crippen LogP contribution in [-0.4, -0.2) is 23.3 Å². The first-order valence-corrected chi connectivity index (χ1v) is 6.96. The van der Waals surface area contributed by atoms with E-state index in [4.69, 9.17) is 11.6 Å². The molecule has 0 bridgehead atoms. The second kappa shape index (κ2) is 5.54. The van der Waals surface area contributed by atoms with Gasteiger partial charge in [-0.25, -0.2) is 0 Å². The molecule has 0 saturated heterocycles. The smallest absolute Gasteiger partial charge is 0.261 e. The summed E-state index contributed by atoms with van der Waals surface area (Å²) in [4.78, 5) is 25.9. The van der Waals surface area contributed by atoms with Crippen LogP contribution in [-0.2, 0) is 0 Å². The molecular formula is C17H12ClNO2. The van der Waals surface area contributed by atoms with Gasteiger partial charge in [0.15, 0.2) is 0 Å². The molecule has 0 aliphatic carbocycles. The van der Waals surface area contributed by atoms with Gasteiger partial charge >= 0.3 is 0 Å². The molecule has 0 aromatic heterocycles. The number of fused-ring (bicyclic) bond motifs is 1. The van der Waals surface area contributed by atoms with Crippen molar-refractivity contribution in [2.45, 2.75) is 0 Å². The van der Waals surface area contributed by atoms with Crippen LogP contribution < -0.4 is 0 Å². The Kier molecular flexibility index (Phi) is 3.59. The van der Waals surface area contributed by atoms with Crippen LogP contribution in [0.25, 0.3) is 5.57 Å². The first kappa shape index (κ1) is 13.6. The molecule has 0 N–H and O–H groups in total. The fourth-order valence-corrected chi connectivity index (χ4v) is 2.59. The zero-order valence-corrected chi connectivity index (χ0v) is 11.9. The first-order valence-electron chi connectivity index (χ1n) is 6.52. The molecule has 2 aromatic carbocycles. The lowest BCUT2D eigenvalue weighted by molar-refractivity contribution is 0.0675. The number of nitrogens with zero attached hydrogens (tertiary/aromatic N) is 1. The minimum Gasteiger partial charge on any atom is -0.270 e. The number of carbonyl (C=O) groups is 2. The molecule has 3 rings (SSSR count). The van der Waals surface area contributed by atoms with Crippen molar-refractivity contribution in [1.29, 1.82) is 0 Å². The summed E-state index contributed by atoms with van der Waals surface area (Å²) in [7, 11) is 0. The van der Waals surface area contributed by atoms with Crippen molar-refractivity contribution in [3.63, 3.8) is 0 Å². The van der Waals surface area contributed by atoms with Crippen molar-refractivity contribution in [3.8, 4) is 0 Å². The molecule has 1 aliphatic heterocycles. The average molecular weight is 298 g/mol. The van der Waals surface area contributed by atoms with Gasteiger partial charge in [0, 0.05) is 5.54 Å². The number of imide groups is 1. The van der Waals surface area contributed by atoms with E-state index in [9.17, 15) is 9.59 Å². The lowest BCUT2D eigenvalue weighted by Gasteiger charge is -2.16. The van der Waals surface area contributed by atoms with Crippen LogP contribution >= 0.6 is 11.6 Å². The molecule has 0 radical (unpaired) electrons. The third-order valence-corrected chi connectivity index (χ3v) is 3.75. The van der Waals surface area contributed by atoms with Crippen molar-refractivity contribution in [2.75, 3.05) is 6.54 Å². The Morgan fingerprint density at radius 3 is 1.95 bits per heavy atom. The molecule has 2 aromatic rings. The van der Waals surface area contributed by atoms with Crippen LogP contribution in [0.3, 0.4) is 0 Å². The number of benzene rings is 2. The van der Waals surface area contributed by atoms with Crippen LogP contribution in [0.15, 0.2) is 60.1 Å². The van der Waals surface area contributed by atoms with E-state index in [0.29, 0.717) is 11.1 Å². The minimum atomic E-state index is -0.275. The van der Waals surface area contributed by atoms with E-state index in [-0.39, 0.29) is 18.4 Å². The molecule has 0 unspecified atom stereocenters. The van der Waals surface area contributed by atoms with E-state index >= 15 is 0 Å². The quantitative estimate of drug-likeness (QED) is 0.812. The van der Waals surface area contributed by atoms with Gasteiger partial charge in [-0.2, -0.15) is 0 Å². The van der Waals surface area contributed by atoms with Crippen LogP contribution in [0.1, 0.15) is 26.3 Å². The second-order valence-electron chi connectivity index (χ2n) is 4.74. The Bertz CT molecular complexity index is 702. The second-order valence-corrected chi connectivity index (χ2v) is 4.96. The molecule has 1 heterocycles. The lowest BCUT2D eigenvalue weighted by Crippen LogP contribution is -2.31. The predicted octanol–water partition coefficient (Wildman–Crippen LogP) is 3.56. The van der Waals surface area contributed by atoms with Gasteiger partial charge in [-0.1, -0.05) is 54.1 Å². The van der Waals surface area contributed by atoms with Crippen molar-refractivity contribution in [2.24, 2.45) is 0 Å². The standard InChI is InChI=1S/C17H12ClNO2/c18-10-13(12-6-2-1-3-7-12)11-19-16(20)14-8-4-5-9-15(14)17(19)21/h1-10H,11H2/b13-10-. The molecule has 2 amide bonds. The minimum absolute atomic E-state index is 0.167. The lowest BCUT2D eigenvalue weighted by atomic mass is 10.1. The fourth-order valence-electron chi connectivity index (χ4n) is 2.39. The number of halogens is 1. The van der Waals surface area contributed by atoms with Gasteiger partial charge in [-0.3, -0.25) is 14.5 Å². The summed E-state index contributed by atoms with van der Waals surface area (Å²) >= 11 is 5.88. The van der Waals surface area contributed by atoms with E-state index in [0.717, 1.165) is 11.1 Å². The highest BCUT2D eigenvalue weighted by Crippen LogP contribution is 2.26. The maximum Gasteiger partial charge on any atom is 0.261 e. The summed E-state index contributed by atoms with van der Waals surface area (Å²) in [5, 5.41) is 0. The Morgan fingerprint density at radius 1 is 0.905 bits per heavy atom. The fraction of sp³-hybridized carbons (Fsp3) is 0.0588. The van der Waals surface area contributed by atoms with Gasteiger partial charge in [-0.05, 0) is 23.3 Å². The highest BCUT2D eigenvalue weighted by molar-refractivity contribution is 6.28. The third kappa shape index (κ3) is 2.36. The van der Waals surface area contributed by atoms with Crippen molar-refractivity contribution in [1.82, 2.24) is 4.90 Å². The topological polar surface area (TPSA) is 37.4 Å². The van der Waals surface area contributed by atoms with Gasteiger partial charge in [0.25, 0.3) is 11.8 Å². The Morgan fingerprint density at radius 2 is 1.43 bits per heavy atom. The third-order valence-electron chi connectivity index (χ3n) is 3.48. The Balaban J connectivity index is 1.90. The van der Waals surface area contributed by atoms with Gasteiger partial charge in [0.05, 0.1) is 17.7 Å². The molecule has 21 heavy (non-hydrogen) atoms. The van der Waals surface area contributed by atoms with Gasteiger partial charge < -0.3 is 0 Å². The highest BCUT2D eigenvalue weighted by Gasteiger charge is 2.35. The van der Waals surface area contributed by atoms with E-state index in [1.54, 1.807) is 24.3 Å². The van der Waals surface area contributed by atoms with Gasteiger partial charge in [0.1, 0.15) is 0 Å². The number of amides is 2. The number of hydrogen-bond acceptors (Lipinski definition) is 2. The van der Waals surface area contributed by atoms with Crippen LogP contribution in [0.2, 0.25) is 0 Å². The summed E-state index contributed by atoms with van der Waals surface area (Å²) in [5.74, 6) is -0.551.